The standard InChI is InChI=1S/C13H16ClNOS/c1-2-7-15-11(12-4-3-8-16-12)9-10-5-6-13(14)17-10/h3-6,8,11,15H,2,7,9H2,1H3. The first-order valence-corrected chi connectivity index (χ1v) is 7.00. The molecule has 4 heteroatoms. The molecule has 0 aromatic carbocycles. The largest absolute Gasteiger partial charge is 0.468 e. The smallest absolute Gasteiger partial charge is 0.121 e. The van der Waals surface area contributed by atoms with Crippen molar-refractivity contribution < 1.29 is 4.42 Å². The molecule has 2 aromatic rings. The fraction of sp³-hybridized carbons (Fsp3) is 0.385. The molecule has 92 valence electrons. The molecule has 2 heterocycles. The maximum absolute atomic E-state index is 5.95. The third kappa shape index (κ3) is 3.60. The summed E-state index contributed by atoms with van der Waals surface area (Å²) >= 11 is 7.58. The highest BCUT2D eigenvalue weighted by Gasteiger charge is 2.15. The average molecular weight is 270 g/mol. The van der Waals surface area contributed by atoms with Gasteiger partial charge in [0.25, 0.3) is 0 Å². The van der Waals surface area contributed by atoms with E-state index in [1.54, 1.807) is 17.6 Å². The molecule has 1 N–H and O–H groups in total. The number of thiophene rings is 1. The molecular formula is C13H16ClNOS. The van der Waals surface area contributed by atoms with Gasteiger partial charge < -0.3 is 9.73 Å². The Hall–Kier alpha value is -0.770. The topological polar surface area (TPSA) is 25.2 Å². The van der Waals surface area contributed by atoms with Crippen molar-refractivity contribution in [1.82, 2.24) is 5.32 Å². The van der Waals surface area contributed by atoms with E-state index in [0.29, 0.717) is 0 Å². The summed E-state index contributed by atoms with van der Waals surface area (Å²) in [6.45, 7) is 3.15. The normalized spacial score (nSPS) is 12.8. The summed E-state index contributed by atoms with van der Waals surface area (Å²) in [4.78, 5) is 1.28. The van der Waals surface area contributed by atoms with Crippen LogP contribution in [-0.2, 0) is 6.42 Å². The van der Waals surface area contributed by atoms with Crippen LogP contribution in [0.2, 0.25) is 4.34 Å². The van der Waals surface area contributed by atoms with Gasteiger partial charge in [0.2, 0.25) is 0 Å². The molecule has 0 fully saturated rings. The molecule has 2 rings (SSSR count). The highest BCUT2D eigenvalue weighted by molar-refractivity contribution is 7.16. The van der Waals surface area contributed by atoms with E-state index in [0.717, 1.165) is 29.5 Å². The van der Waals surface area contributed by atoms with E-state index in [1.165, 1.54) is 4.88 Å². The van der Waals surface area contributed by atoms with Gasteiger partial charge in [-0.3, -0.25) is 0 Å². The van der Waals surface area contributed by atoms with Crippen LogP contribution in [-0.4, -0.2) is 6.54 Å². The SMILES string of the molecule is CCCNC(Cc1ccc(Cl)s1)c1ccco1. The summed E-state index contributed by atoms with van der Waals surface area (Å²) in [5.41, 5.74) is 0. The Labute approximate surface area is 111 Å². The van der Waals surface area contributed by atoms with Crippen molar-refractivity contribution in [3.63, 3.8) is 0 Å². The van der Waals surface area contributed by atoms with Gasteiger partial charge in [0.15, 0.2) is 0 Å². The van der Waals surface area contributed by atoms with E-state index >= 15 is 0 Å². The van der Waals surface area contributed by atoms with Gasteiger partial charge in [-0.2, -0.15) is 0 Å². The highest BCUT2D eigenvalue weighted by atomic mass is 35.5. The first-order chi connectivity index (χ1) is 8.29. The fourth-order valence-electron chi connectivity index (χ4n) is 1.74. The Morgan fingerprint density at radius 2 is 2.29 bits per heavy atom. The summed E-state index contributed by atoms with van der Waals surface area (Å²) < 4.78 is 6.32. The van der Waals surface area contributed by atoms with E-state index in [9.17, 15) is 0 Å². The maximum Gasteiger partial charge on any atom is 0.121 e. The van der Waals surface area contributed by atoms with E-state index in [-0.39, 0.29) is 6.04 Å². The third-order valence-electron chi connectivity index (χ3n) is 2.56. The number of nitrogens with one attached hydrogen (secondary N) is 1. The van der Waals surface area contributed by atoms with Crippen molar-refractivity contribution in [2.45, 2.75) is 25.8 Å². The number of halogens is 1. The van der Waals surface area contributed by atoms with Crippen LogP contribution < -0.4 is 5.32 Å². The molecule has 2 nitrogen and oxygen atoms in total. The molecule has 0 aliphatic heterocycles. The minimum Gasteiger partial charge on any atom is -0.468 e. The number of hydrogen-bond donors (Lipinski definition) is 1. The van der Waals surface area contributed by atoms with Crippen molar-refractivity contribution >= 4 is 22.9 Å². The number of hydrogen-bond acceptors (Lipinski definition) is 3. The molecule has 2 aromatic heterocycles. The van der Waals surface area contributed by atoms with Crippen LogP contribution in [0.3, 0.4) is 0 Å². The quantitative estimate of drug-likeness (QED) is 0.847. The minimum atomic E-state index is 0.236. The lowest BCUT2D eigenvalue weighted by molar-refractivity contribution is 0.412. The van der Waals surface area contributed by atoms with Crippen molar-refractivity contribution in [2.24, 2.45) is 0 Å². The Morgan fingerprint density at radius 1 is 1.41 bits per heavy atom. The first-order valence-electron chi connectivity index (χ1n) is 5.80. The molecule has 1 atom stereocenters. The number of furan rings is 1. The molecule has 0 saturated carbocycles. The molecule has 1 unspecified atom stereocenters. The summed E-state index contributed by atoms with van der Waals surface area (Å²) in [6.07, 6.45) is 3.75. The maximum atomic E-state index is 5.95. The summed E-state index contributed by atoms with van der Waals surface area (Å²) in [6, 6.07) is 8.21. The minimum absolute atomic E-state index is 0.236. The second-order valence-electron chi connectivity index (χ2n) is 3.93. The van der Waals surface area contributed by atoms with Gasteiger partial charge >= 0.3 is 0 Å². The van der Waals surface area contributed by atoms with E-state index in [4.69, 9.17) is 16.0 Å². The van der Waals surface area contributed by atoms with E-state index < -0.39 is 0 Å². The van der Waals surface area contributed by atoms with Gasteiger partial charge in [0.1, 0.15) is 5.76 Å². The van der Waals surface area contributed by atoms with Gasteiger partial charge in [-0.15, -0.1) is 11.3 Å². The van der Waals surface area contributed by atoms with E-state index in [1.807, 2.05) is 18.2 Å². The van der Waals surface area contributed by atoms with E-state index in [2.05, 4.69) is 18.3 Å². The summed E-state index contributed by atoms with van der Waals surface area (Å²) in [5.74, 6) is 0.989. The van der Waals surface area contributed by atoms with Crippen LogP contribution >= 0.6 is 22.9 Å². The lowest BCUT2D eigenvalue weighted by atomic mass is 10.1. The first kappa shape index (κ1) is 12.7. The third-order valence-corrected chi connectivity index (χ3v) is 3.81. The molecular weight excluding hydrogens is 254 g/mol. The van der Waals surface area contributed by atoms with Crippen molar-refractivity contribution in [3.05, 3.63) is 45.5 Å². The average Bonchev–Trinajstić information content (AvgIpc) is 2.95. The van der Waals surface area contributed by atoms with Crippen LogP contribution in [0.15, 0.2) is 34.9 Å². The van der Waals surface area contributed by atoms with Crippen molar-refractivity contribution in [3.8, 4) is 0 Å². The summed E-state index contributed by atoms with van der Waals surface area (Å²) in [7, 11) is 0. The lowest BCUT2D eigenvalue weighted by Crippen LogP contribution is -2.23. The Morgan fingerprint density at radius 3 is 2.88 bits per heavy atom. The molecule has 0 bridgehead atoms. The van der Waals surface area contributed by atoms with Crippen LogP contribution in [0.25, 0.3) is 0 Å². The second-order valence-corrected chi connectivity index (χ2v) is 5.73. The zero-order valence-electron chi connectivity index (χ0n) is 9.78. The fourth-order valence-corrected chi connectivity index (χ4v) is 2.88. The molecule has 0 spiro atoms. The van der Waals surface area contributed by atoms with Gasteiger partial charge in [-0.1, -0.05) is 18.5 Å². The molecule has 0 aliphatic rings. The molecule has 0 aliphatic carbocycles. The Kier molecular flexibility index (Phi) is 4.66. The van der Waals surface area contributed by atoms with Gasteiger partial charge in [-0.05, 0) is 37.2 Å². The summed E-state index contributed by atoms with van der Waals surface area (Å²) in [5, 5.41) is 3.50. The Bertz CT molecular complexity index is 438. The predicted octanol–water partition coefficient (Wildman–Crippen LogP) is 4.28. The van der Waals surface area contributed by atoms with Crippen LogP contribution in [0.4, 0.5) is 0 Å². The predicted molar refractivity (Wildman–Crippen MR) is 72.8 cm³/mol. The monoisotopic (exact) mass is 269 g/mol. The lowest BCUT2D eigenvalue weighted by Gasteiger charge is -2.15. The number of rotatable bonds is 6. The van der Waals surface area contributed by atoms with Gasteiger partial charge in [0, 0.05) is 11.3 Å². The molecule has 0 saturated heterocycles. The van der Waals surface area contributed by atoms with Crippen molar-refractivity contribution in [2.75, 3.05) is 6.54 Å². The highest BCUT2D eigenvalue weighted by Crippen LogP contribution is 2.26. The van der Waals surface area contributed by atoms with Gasteiger partial charge in [-0.25, -0.2) is 0 Å². The molecule has 17 heavy (non-hydrogen) atoms. The van der Waals surface area contributed by atoms with Gasteiger partial charge in [0.05, 0.1) is 16.6 Å². The zero-order valence-corrected chi connectivity index (χ0v) is 11.4. The van der Waals surface area contributed by atoms with Crippen LogP contribution in [0.1, 0.15) is 30.0 Å². The van der Waals surface area contributed by atoms with Crippen molar-refractivity contribution in [1.29, 1.82) is 0 Å². The second kappa shape index (κ2) is 6.24. The zero-order chi connectivity index (χ0) is 12.1. The van der Waals surface area contributed by atoms with Crippen LogP contribution in [0, 0.1) is 0 Å². The molecule has 0 amide bonds. The van der Waals surface area contributed by atoms with Crippen LogP contribution in [0.5, 0.6) is 0 Å². The Balaban J connectivity index is 2.05. The molecule has 0 radical (unpaired) electrons.